The van der Waals surface area contributed by atoms with Crippen LogP contribution in [0.1, 0.15) is 17.3 Å². The Morgan fingerprint density at radius 2 is 1.68 bits per heavy atom. The van der Waals surface area contributed by atoms with Gasteiger partial charge in [-0.15, -0.1) is 0 Å². The molecule has 1 amide bonds. The number of methoxy groups -OCH3 is 2. The third-order valence-electron chi connectivity index (χ3n) is 4.02. The molecule has 2 rings (SSSR count). The van der Waals surface area contributed by atoms with Gasteiger partial charge in [0.25, 0.3) is 5.91 Å². The van der Waals surface area contributed by atoms with E-state index in [0.29, 0.717) is 29.5 Å². The van der Waals surface area contributed by atoms with E-state index in [2.05, 4.69) is 5.32 Å². The van der Waals surface area contributed by atoms with Gasteiger partial charge in [0.05, 0.1) is 44.0 Å². The maximum Gasteiger partial charge on any atom is 0.258 e. The van der Waals surface area contributed by atoms with Crippen LogP contribution in [0.2, 0.25) is 0 Å². The van der Waals surface area contributed by atoms with Crippen LogP contribution in [-0.2, 0) is 10.0 Å². The zero-order valence-corrected chi connectivity index (χ0v) is 17.3. The highest BCUT2D eigenvalue weighted by atomic mass is 32.2. The Labute approximate surface area is 165 Å². The van der Waals surface area contributed by atoms with Crippen LogP contribution in [0.25, 0.3) is 0 Å². The summed E-state index contributed by atoms with van der Waals surface area (Å²) in [4.78, 5) is 13.0. The second kappa shape index (κ2) is 8.83. The molecule has 0 bridgehead atoms. The number of ether oxygens (including phenoxy) is 3. The maximum atomic E-state index is 13.0. The lowest BCUT2D eigenvalue weighted by atomic mass is 10.1. The zero-order chi connectivity index (χ0) is 20.9. The fraction of sp³-hybridized carbons (Fsp3) is 0.316. The van der Waals surface area contributed by atoms with Crippen LogP contribution in [0.15, 0.2) is 36.4 Å². The Kier molecular flexibility index (Phi) is 6.74. The molecule has 0 saturated carbocycles. The minimum Gasteiger partial charge on any atom is -0.493 e. The van der Waals surface area contributed by atoms with Gasteiger partial charge in [0.1, 0.15) is 5.75 Å². The monoisotopic (exact) mass is 408 g/mol. The number of rotatable bonds is 8. The first-order valence-corrected chi connectivity index (χ1v) is 10.3. The van der Waals surface area contributed by atoms with Gasteiger partial charge in [0.15, 0.2) is 11.5 Å². The van der Waals surface area contributed by atoms with E-state index in [9.17, 15) is 13.2 Å². The van der Waals surface area contributed by atoms with E-state index in [4.69, 9.17) is 14.2 Å². The lowest BCUT2D eigenvalue weighted by molar-refractivity contribution is 0.102. The molecule has 0 atom stereocenters. The molecule has 0 radical (unpaired) electrons. The molecule has 0 fully saturated rings. The van der Waals surface area contributed by atoms with Gasteiger partial charge in [0, 0.05) is 13.1 Å². The van der Waals surface area contributed by atoms with E-state index >= 15 is 0 Å². The second-order valence-electron chi connectivity index (χ2n) is 5.84. The molecule has 0 saturated heterocycles. The van der Waals surface area contributed by atoms with Crippen LogP contribution < -0.4 is 23.8 Å². The fourth-order valence-electron chi connectivity index (χ4n) is 2.53. The highest BCUT2D eigenvalue weighted by Crippen LogP contribution is 2.36. The molecule has 0 unspecified atom stereocenters. The number of nitrogens with one attached hydrogen (secondary N) is 1. The topological polar surface area (TPSA) is 94.2 Å². The van der Waals surface area contributed by atoms with Crippen molar-refractivity contribution in [3.05, 3.63) is 42.0 Å². The van der Waals surface area contributed by atoms with Crippen molar-refractivity contribution in [2.75, 3.05) is 43.8 Å². The van der Waals surface area contributed by atoms with Crippen molar-refractivity contribution in [2.24, 2.45) is 0 Å². The van der Waals surface area contributed by atoms with Crippen molar-refractivity contribution in [1.82, 2.24) is 0 Å². The van der Waals surface area contributed by atoms with E-state index in [-0.39, 0.29) is 11.3 Å². The molecule has 0 heterocycles. The van der Waals surface area contributed by atoms with Gasteiger partial charge < -0.3 is 19.5 Å². The van der Waals surface area contributed by atoms with Crippen molar-refractivity contribution in [2.45, 2.75) is 6.92 Å². The molecule has 0 aliphatic carbocycles. The number of amides is 1. The van der Waals surface area contributed by atoms with Crippen molar-refractivity contribution in [3.63, 3.8) is 0 Å². The van der Waals surface area contributed by atoms with Crippen molar-refractivity contribution in [1.29, 1.82) is 0 Å². The molecule has 0 spiro atoms. The normalized spacial score (nSPS) is 10.9. The third kappa shape index (κ3) is 4.66. The van der Waals surface area contributed by atoms with Crippen molar-refractivity contribution >= 4 is 27.3 Å². The molecule has 0 aromatic heterocycles. The van der Waals surface area contributed by atoms with Crippen LogP contribution in [0.3, 0.4) is 0 Å². The Bertz CT molecular complexity index is 959. The molecule has 0 aliphatic heterocycles. The van der Waals surface area contributed by atoms with E-state index in [1.807, 2.05) is 6.92 Å². The van der Waals surface area contributed by atoms with Crippen LogP contribution >= 0.6 is 0 Å². The number of hydrogen-bond acceptors (Lipinski definition) is 6. The fourth-order valence-corrected chi connectivity index (χ4v) is 3.04. The zero-order valence-electron chi connectivity index (χ0n) is 16.5. The lowest BCUT2D eigenvalue weighted by Gasteiger charge is -2.22. The van der Waals surface area contributed by atoms with Gasteiger partial charge in [-0.25, -0.2) is 8.42 Å². The quantitative estimate of drug-likeness (QED) is 0.722. The minimum atomic E-state index is -3.61. The number of benzene rings is 2. The summed E-state index contributed by atoms with van der Waals surface area (Å²) in [5.41, 5.74) is 0.737. The lowest BCUT2D eigenvalue weighted by Crippen LogP contribution is -2.28. The maximum absolute atomic E-state index is 13.0. The summed E-state index contributed by atoms with van der Waals surface area (Å²) in [5.74, 6) is 0.603. The predicted octanol–water partition coefficient (Wildman–Crippen LogP) is 2.75. The van der Waals surface area contributed by atoms with Gasteiger partial charge in [-0.05, 0) is 25.1 Å². The number of hydrogen-bond donors (Lipinski definition) is 1. The number of nitrogens with zero attached hydrogens (tertiary/aromatic N) is 1. The largest absolute Gasteiger partial charge is 0.493 e. The van der Waals surface area contributed by atoms with Gasteiger partial charge >= 0.3 is 0 Å². The highest BCUT2D eigenvalue weighted by molar-refractivity contribution is 7.92. The average molecular weight is 408 g/mol. The Hall–Kier alpha value is -2.94. The first kappa shape index (κ1) is 21.4. The summed E-state index contributed by atoms with van der Waals surface area (Å²) < 4.78 is 41.2. The molecule has 2 aromatic carbocycles. The first-order chi connectivity index (χ1) is 13.2. The molecular formula is C19H24N2O6S. The first-order valence-electron chi connectivity index (χ1n) is 8.46. The number of carbonyl (C=O) groups is 1. The summed E-state index contributed by atoms with van der Waals surface area (Å²) in [6.07, 6.45) is 1.05. The molecule has 152 valence electrons. The molecule has 9 heteroatoms. The summed E-state index contributed by atoms with van der Waals surface area (Å²) in [5, 5.41) is 2.77. The van der Waals surface area contributed by atoms with Crippen LogP contribution in [-0.4, -0.2) is 48.5 Å². The van der Waals surface area contributed by atoms with Crippen molar-refractivity contribution in [3.8, 4) is 17.2 Å². The molecule has 2 aromatic rings. The van der Waals surface area contributed by atoms with E-state index in [1.165, 1.54) is 33.4 Å². The number of para-hydroxylation sites is 2. The molecular weight excluding hydrogens is 384 g/mol. The third-order valence-corrected chi connectivity index (χ3v) is 5.21. The van der Waals surface area contributed by atoms with E-state index < -0.39 is 15.9 Å². The SMILES string of the molecule is CCOc1ccccc1NC(=O)c1cc(OC)c(OC)cc1N(C)S(C)(=O)=O. The van der Waals surface area contributed by atoms with Gasteiger partial charge in [-0.1, -0.05) is 12.1 Å². The van der Waals surface area contributed by atoms with E-state index in [0.717, 1.165) is 10.6 Å². The number of anilines is 2. The highest BCUT2D eigenvalue weighted by Gasteiger charge is 2.24. The van der Waals surface area contributed by atoms with Crippen molar-refractivity contribution < 1.29 is 27.4 Å². The molecule has 28 heavy (non-hydrogen) atoms. The predicted molar refractivity (Wildman–Crippen MR) is 108 cm³/mol. The summed E-state index contributed by atoms with van der Waals surface area (Å²) in [7, 11) is 0.614. The summed E-state index contributed by atoms with van der Waals surface area (Å²) in [6, 6.07) is 9.87. The minimum absolute atomic E-state index is 0.108. The van der Waals surface area contributed by atoms with Gasteiger partial charge in [0.2, 0.25) is 10.0 Å². The summed E-state index contributed by atoms with van der Waals surface area (Å²) in [6.45, 7) is 2.28. The summed E-state index contributed by atoms with van der Waals surface area (Å²) >= 11 is 0. The molecule has 1 N–H and O–H groups in total. The van der Waals surface area contributed by atoms with Crippen LogP contribution in [0.4, 0.5) is 11.4 Å². The number of carbonyl (C=O) groups excluding carboxylic acids is 1. The standard InChI is InChI=1S/C19H24N2O6S/c1-6-27-16-10-8-7-9-14(16)20-19(22)13-11-17(25-3)18(26-4)12-15(13)21(2)28(5,23)24/h7-12H,6H2,1-5H3,(H,20,22). The second-order valence-corrected chi connectivity index (χ2v) is 7.85. The Balaban J connectivity index is 2.55. The smallest absolute Gasteiger partial charge is 0.258 e. The Morgan fingerprint density at radius 1 is 1.07 bits per heavy atom. The van der Waals surface area contributed by atoms with Crippen LogP contribution in [0.5, 0.6) is 17.2 Å². The Morgan fingerprint density at radius 3 is 2.25 bits per heavy atom. The average Bonchev–Trinajstić information content (AvgIpc) is 2.67. The van der Waals surface area contributed by atoms with Gasteiger partial charge in [-0.2, -0.15) is 0 Å². The van der Waals surface area contributed by atoms with E-state index in [1.54, 1.807) is 24.3 Å². The number of sulfonamides is 1. The van der Waals surface area contributed by atoms with Crippen LogP contribution in [0, 0.1) is 0 Å². The molecule has 0 aliphatic rings. The van der Waals surface area contributed by atoms with Gasteiger partial charge in [-0.3, -0.25) is 9.10 Å². The molecule has 8 nitrogen and oxygen atoms in total.